The van der Waals surface area contributed by atoms with Gasteiger partial charge in [-0.05, 0) is 6.92 Å². The maximum atomic E-state index is 9.27. The van der Waals surface area contributed by atoms with E-state index >= 15 is 0 Å². The van der Waals surface area contributed by atoms with Gasteiger partial charge in [0.05, 0.1) is 6.61 Å². The normalized spacial score (nSPS) is 30.3. The molecule has 2 atom stereocenters. The molecule has 1 aliphatic heterocycles. The molecule has 1 aliphatic rings. The minimum atomic E-state index is -0.450. The third kappa shape index (κ3) is 2.13. The zero-order valence-corrected chi connectivity index (χ0v) is 6.82. The predicted molar refractivity (Wildman–Crippen MR) is 42.1 cm³/mol. The summed E-state index contributed by atoms with van der Waals surface area (Å²) < 4.78 is 0. The van der Waals surface area contributed by atoms with Crippen molar-refractivity contribution in [3.63, 3.8) is 0 Å². The van der Waals surface area contributed by atoms with E-state index in [0.717, 1.165) is 19.6 Å². The Morgan fingerprint density at radius 1 is 1.73 bits per heavy atom. The van der Waals surface area contributed by atoms with Gasteiger partial charge >= 0.3 is 0 Å². The molecule has 0 aromatic rings. The molecule has 0 radical (unpaired) electrons. The second kappa shape index (κ2) is 4.01. The monoisotopic (exact) mass is 160 g/mol. The molecule has 4 heteroatoms. The SMILES string of the molecule is CC(O)N1CCNCC1CO. The minimum Gasteiger partial charge on any atom is -0.395 e. The number of nitrogens with zero attached hydrogens (tertiary/aromatic N) is 1. The van der Waals surface area contributed by atoms with Crippen LogP contribution in [0.5, 0.6) is 0 Å². The van der Waals surface area contributed by atoms with E-state index in [-0.39, 0.29) is 12.6 Å². The smallest absolute Gasteiger partial charge is 0.104 e. The van der Waals surface area contributed by atoms with E-state index in [1.54, 1.807) is 6.92 Å². The van der Waals surface area contributed by atoms with Crippen molar-refractivity contribution in [3.05, 3.63) is 0 Å². The molecule has 4 nitrogen and oxygen atoms in total. The molecule has 1 saturated heterocycles. The molecule has 2 unspecified atom stereocenters. The highest BCUT2D eigenvalue weighted by Gasteiger charge is 2.23. The Kier molecular flexibility index (Phi) is 3.26. The number of nitrogens with one attached hydrogen (secondary N) is 1. The molecule has 66 valence electrons. The van der Waals surface area contributed by atoms with Crippen LogP contribution in [0.4, 0.5) is 0 Å². The Hall–Kier alpha value is -0.160. The third-order valence-corrected chi connectivity index (χ3v) is 2.09. The van der Waals surface area contributed by atoms with Gasteiger partial charge in [-0.15, -0.1) is 0 Å². The lowest BCUT2D eigenvalue weighted by atomic mass is 10.2. The minimum absolute atomic E-state index is 0.0729. The lowest BCUT2D eigenvalue weighted by molar-refractivity contribution is -0.0372. The van der Waals surface area contributed by atoms with Crippen molar-refractivity contribution in [1.82, 2.24) is 10.2 Å². The van der Waals surface area contributed by atoms with Crippen LogP contribution in [0.15, 0.2) is 0 Å². The van der Waals surface area contributed by atoms with Gasteiger partial charge in [0.2, 0.25) is 0 Å². The fourth-order valence-corrected chi connectivity index (χ4v) is 1.44. The van der Waals surface area contributed by atoms with Gasteiger partial charge in [-0.2, -0.15) is 0 Å². The molecule has 3 N–H and O–H groups in total. The highest BCUT2D eigenvalue weighted by molar-refractivity contribution is 4.79. The van der Waals surface area contributed by atoms with Gasteiger partial charge in [-0.3, -0.25) is 4.90 Å². The van der Waals surface area contributed by atoms with E-state index in [1.807, 2.05) is 4.90 Å². The maximum absolute atomic E-state index is 9.27. The van der Waals surface area contributed by atoms with E-state index in [2.05, 4.69) is 5.32 Å². The highest BCUT2D eigenvalue weighted by Crippen LogP contribution is 2.05. The molecule has 0 saturated carbocycles. The van der Waals surface area contributed by atoms with Crippen LogP contribution in [-0.4, -0.2) is 53.6 Å². The van der Waals surface area contributed by atoms with Gasteiger partial charge in [-0.25, -0.2) is 0 Å². The Morgan fingerprint density at radius 3 is 2.91 bits per heavy atom. The maximum Gasteiger partial charge on any atom is 0.104 e. The number of piperazine rings is 1. The number of hydrogen-bond acceptors (Lipinski definition) is 4. The quantitative estimate of drug-likeness (QED) is 0.464. The van der Waals surface area contributed by atoms with Crippen LogP contribution in [0.3, 0.4) is 0 Å². The van der Waals surface area contributed by atoms with Crippen LogP contribution in [-0.2, 0) is 0 Å². The number of rotatable bonds is 2. The molecule has 0 aromatic heterocycles. The first-order valence-corrected chi connectivity index (χ1v) is 4.01. The van der Waals surface area contributed by atoms with Crippen LogP contribution in [0.25, 0.3) is 0 Å². The largest absolute Gasteiger partial charge is 0.395 e. The van der Waals surface area contributed by atoms with Crippen molar-refractivity contribution in [1.29, 1.82) is 0 Å². The molecule has 1 fully saturated rings. The van der Waals surface area contributed by atoms with Crippen molar-refractivity contribution in [2.24, 2.45) is 0 Å². The van der Waals surface area contributed by atoms with Crippen molar-refractivity contribution in [3.8, 4) is 0 Å². The van der Waals surface area contributed by atoms with Gasteiger partial charge in [0.15, 0.2) is 0 Å². The summed E-state index contributed by atoms with van der Waals surface area (Å²) >= 11 is 0. The van der Waals surface area contributed by atoms with Crippen molar-refractivity contribution in [2.45, 2.75) is 19.2 Å². The fourth-order valence-electron chi connectivity index (χ4n) is 1.44. The standard InChI is InChI=1S/C7H16N2O2/c1-6(11)9-3-2-8-4-7(9)5-10/h6-8,10-11H,2-5H2,1H3. The van der Waals surface area contributed by atoms with Gasteiger partial charge in [0.25, 0.3) is 0 Å². The molecular weight excluding hydrogens is 144 g/mol. The van der Waals surface area contributed by atoms with Crippen LogP contribution in [0, 0.1) is 0 Å². The first-order chi connectivity index (χ1) is 5.25. The van der Waals surface area contributed by atoms with Crippen LogP contribution < -0.4 is 5.32 Å². The molecule has 0 aliphatic carbocycles. The van der Waals surface area contributed by atoms with E-state index in [9.17, 15) is 5.11 Å². The van der Waals surface area contributed by atoms with Crippen LogP contribution in [0.2, 0.25) is 0 Å². The van der Waals surface area contributed by atoms with E-state index in [1.165, 1.54) is 0 Å². The predicted octanol–water partition coefficient (Wildman–Crippen LogP) is -1.41. The van der Waals surface area contributed by atoms with E-state index in [4.69, 9.17) is 5.11 Å². The Bertz CT molecular complexity index is 119. The Labute approximate surface area is 66.8 Å². The Balaban J connectivity index is 2.44. The molecule has 1 heterocycles. The highest BCUT2D eigenvalue weighted by atomic mass is 16.3. The van der Waals surface area contributed by atoms with Crippen LogP contribution in [0.1, 0.15) is 6.92 Å². The van der Waals surface area contributed by atoms with Gasteiger partial charge < -0.3 is 15.5 Å². The van der Waals surface area contributed by atoms with Crippen LogP contribution >= 0.6 is 0 Å². The summed E-state index contributed by atoms with van der Waals surface area (Å²) in [4.78, 5) is 1.90. The second-order valence-electron chi connectivity index (χ2n) is 2.91. The van der Waals surface area contributed by atoms with Crippen molar-refractivity contribution < 1.29 is 10.2 Å². The van der Waals surface area contributed by atoms with Crippen molar-refractivity contribution in [2.75, 3.05) is 26.2 Å². The summed E-state index contributed by atoms with van der Waals surface area (Å²) in [5, 5.41) is 21.3. The van der Waals surface area contributed by atoms with Crippen molar-refractivity contribution >= 4 is 0 Å². The fraction of sp³-hybridized carbons (Fsp3) is 1.00. The molecular formula is C7H16N2O2. The van der Waals surface area contributed by atoms with E-state index < -0.39 is 6.23 Å². The first-order valence-electron chi connectivity index (χ1n) is 4.01. The average Bonchev–Trinajstić information content (AvgIpc) is 2.04. The number of hydrogen-bond donors (Lipinski definition) is 3. The lowest BCUT2D eigenvalue weighted by Crippen LogP contribution is -2.55. The average molecular weight is 160 g/mol. The Morgan fingerprint density at radius 2 is 2.45 bits per heavy atom. The van der Waals surface area contributed by atoms with Gasteiger partial charge in [-0.1, -0.05) is 0 Å². The molecule has 0 bridgehead atoms. The summed E-state index contributed by atoms with van der Waals surface area (Å²) in [6.45, 7) is 4.30. The summed E-state index contributed by atoms with van der Waals surface area (Å²) in [7, 11) is 0. The lowest BCUT2D eigenvalue weighted by Gasteiger charge is -2.36. The summed E-state index contributed by atoms with van der Waals surface area (Å²) in [5.41, 5.74) is 0. The zero-order valence-electron chi connectivity index (χ0n) is 6.82. The summed E-state index contributed by atoms with van der Waals surface area (Å²) in [6.07, 6.45) is -0.450. The molecule has 0 aromatic carbocycles. The number of aliphatic hydroxyl groups excluding tert-OH is 2. The van der Waals surface area contributed by atoms with Gasteiger partial charge in [0, 0.05) is 25.7 Å². The third-order valence-electron chi connectivity index (χ3n) is 2.09. The second-order valence-corrected chi connectivity index (χ2v) is 2.91. The van der Waals surface area contributed by atoms with E-state index in [0.29, 0.717) is 0 Å². The molecule has 11 heavy (non-hydrogen) atoms. The molecule has 0 amide bonds. The molecule has 0 spiro atoms. The zero-order chi connectivity index (χ0) is 8.27. The first kappa shape index (κ1) is 8.93. The van der Waals surface area contributed by atoms with Gasteiger partial charge in [0.1, 0.15) is 6.23 Å². The number of aliphatic hydroxyl groups is 2. The summed E-state index contributed by atoms with van der Waals surface area (Å²) in [5.74, 6) is 0. The molecule has 1 rings (SSSR count). The topological polar surface area (TPSA) is 55.7 Å². The summed E-state index contributed by atoms with van der Waals surface area (Å²) in [6, 6.07) is 0.0729.